The number of amides is 2. The van der Waals surface area contributed by atoms with E-state index in [1.165, 1.54) is 11.4 Å². The molecule has 3 aliphatic rings. The highest BCUT2D eigenvalue weighted by Crippen LogP contribution is 2.28. The van der Waals surface area contributed by atoms with Crippen molar-refractivity contribution in [3.63, 3.8) is 0 Å². The molecule has 0 aromatic carbocycles. The maximum absolute atomic E-state index is 12.4. The molecule has 0 spiro atoms. The van der Waals surface area contributed by atoms with Crippen molar-refractivity contribution in [2.75, 3.05) is 0 Å². The van der Waals surface area contributed by atoms with Crippen molar-refractivity contribution in [3.8, 4) is 0 Å². The van der Waals surface area contributed by atoms with Crippen molar-refractivity contribution in [2.24, 2.45) is 0 Å². The normalized spacial score (nSPS) is 34.0. The van der Waals surface area contributed by atoms with E-state index in [-0.39, 0.29) is 34.5 Å². The molecule has 1 saturated carbocycles. The highest BCUT2D eigenvalue weighted by Gasteiger charge is 2.39. The van der Waals surface area contributed by atoms with Crippen LogP contribution in [0.3, 0.4) is 0 Å². The number of carbonyl (C=O) groups is 2. The van der Waals surface area contributed by atoms with Crippen LogP contribution < -0.4 is 5.43 Å². The van der Waals surface area contributed by atoms with Crippen LogP contribution in [0.1, 0.15) is 44.9 Å². The number of hydrogen-bond donors (Lipinski definition) is 1. The maximum atomic E-state index is 12.4. The topological polar surface area (TPSA) is 58.6 Å². The summed E-state index contributed by atoms with van der Waals surface area (Å²) in [4.78, 5) is 24.4. The van der Waals surface area contributed by atoms with Crippen molar-refractivity contribution < 1.29 is 14.3 Å². The number of ether oxygens (including phenoxy) is 1. The SMILES string of the molecule is O=C1NN(C2CCCCC2)C(=O)/C1=C/C1CCC(Br)O1. The van der Waals surface area contributed by atoms with E-state index in [1.807, 2.05) is 0 Å². The molecular formula is C14H19BrN2O3. The zero-order valence-electron chi connectivity index (χ0n) is 11.3. The van der Waals surface area contributed by atoms with Gasteiger partial charge in [0.1, 0.15) is 10.6 Å². The van der Waals surface area contributed by atoms with Crippen molar-refractivity contribution in [1.29, 1.82) is 0 Å². The summed E-state index contributed by atoms with van der Waals surface area (Å²) in [5.74, 6) is -0.481. The summed E-state index contributed by atoms with van der Waals surface area (Å²) in [6.07, 6.45) is 8.70. The van der Waals surface area contributed by atoms with Crippen molar-refractivity contribution >= 4 is 27.7 Å². The number of rotatable bonds is 2. The molecule has 2 saturated heterocycles. The summed E-state index contributed by atoms with van der Waals surface area (Å²) >= 11 is 3.39. The van der Waals surface area contributed by atoms with Gasteiger partial charge in [-0.05, 0) is 31.8 Å². The lowest BCUT2D eigenvalue weighted by Gasteiger charge is -2.29. The van der Waals surface area contributed by atoms with E-state index in [0.717, 1.165) is 38.5 Å². The molecule has 1 N–H and O–H groups in total. The van der Waals surface area contributed by atoms with Crippen molar-refractivity contribution in [3.05, 3.63) is 11.6 Å². The van der Waals surface area contributed by atoms with Gasteiger partial charge in [-0.1, -0.05) is 35.2 Å². The average Bonchev–Trinajstić information content (AvgIpc) is 2.98. The van der Waals surface area contributed by atoms with Gasteiger partial charge in [-0.15, -0.1) is 0 Å². The fraction of sp³-hybridized carbons (Fsp3) is 0.714. The highest BCUT2D eigenvalue weighted by molar-refractivity contribution is 9.09. The number of alkyl halides is 1. The Hall–Kier alpha value is -0.880. The minimum absolute atomic E-state index is 0.0263. The molecule has 0 aromatic heterocycles. The molecule has 3 fully saturated rings. The number of hydrazine groups is 1. The Kier molecular flexibility index (Phi) is 4.12. The fourth-order valence-electron chi connectivity index (χ4n) is 3.12. The van der Waals surface area contributed by atoms with Crippen LogP contribution in [0.25, 0.3) is 0 Å². The lowest BCUT2D eigenvalue weighted by Crippen LogP contribution is -2.45. The van der Waals surface area contributed by atoms with Gasteiger partial charge in [0.15, 0.2) is 0 Å². The molecule has 2 atom stereocenters. The first-order valence-electron chi connectivity index (χ1n) is 7.31. The molecule has 6 heteroatoms. The second-order valence-corrected chi connectivity index (χ2v) is 6.67. The Bertz CT molecular complexity index is 446. The third kappa shape index (κ3) is 2.76. The number of carbonyl (C=O) groups excluding carboxylic acids is 2. The molecule has 0 aromatic rings. The highest BCUT2D eigenvalue weighted by atomic mass is 79.9. The van der Waals surface area contributed by atoms with Gasteiger partial charge in [0, 0.05) is 0 Å². The lowest BCUT2D eigenvalue weighted by atomic mass is 9.95. The monoisotopic (exact) mass is 342 g/mol. The largest absolute Gasteiger partial charge is 0.360 e. The number of nitrogens with zero attached hydrogens (tertiary/aromatic N) is 1. The van der Waals surface area contributed by atoms with Crippen LogP contribution in [0.2, 0.25) is 0 Å². The van der Waals surface area contributed by atoms with Crippen LogP contribution in [-0.4, -0.2) is 34.0 Å². The Morgan fingerprint density at radius 2 is 1.90 bits per heavy atom. The van der Waals surface area contributed by atoms with Gasteiger partial charge >= 0.3 is 0 Å². The number of hydrogen-bond acceptors (Lipinski definition) is 3. The van der Waals surface area contributed by atoms with E-state index in [2.05, 4.69) is 21.4 Å². The lowest BCUT2D eigenvalue weighted by molar-refractivity contribution is -0.131. The van der Waals surface area contributed by atoms with E-state index in [0.29, 0.717) is 0 Å². The molecule has 2 aliphatic heterocycles. The third-order valence-corrected chi connectivity index (χ3v) is 4.88. The smallest absolute Gasteiger partial charge is 0.277 e. The molecule has 5 nitrogen and oxygen atoms in total. The minimum atomic E-state index is -0.290. The second-order valence-electron chi connectivity index (χ2n) is 5.65. The Balaban J connectivity index is 1.71. The quantitative estimate of drug-likeness (QED) is 0.474. The van der Waals surface area contributed by atoms with Gasteiger partial charge in [-0.2, -0.15) is 0 Å². The van der Waals surface area contributed by atoms with Crippen LogP contribution in [0, 0.1) is 0 Å². The van der Waals surface area contributed by atoms with Gasteiger partial charge in [-0.25, -0.2) is 5.01 Å². The van der Waals surface area contributed by atoms with E-state index < -0.39 is 0 Å². The third-order valence-electron chi connectivity index (χ3n) is 4.21. The fourth-order valence-corrected chi connectivity index (χ4v) is 3.66. The summed E-state index contributed by atoms with van der Waals surface area (Å²) in [6.45, 7) is 0. The van der Waals surface area contributed by atoms with Gasteiger partial charge in [0.25, 0.3) is 11.8 Å². The van der Waals surface area contributed by atoms with E-state index in [4.69, 9.17) is 4.74 Å². The minimum Gasteiger partial charge on any atom is -0.360 e. The average molecular weight is 343 g/mol. The van der Waals surface area contributed by atoms with Crippen LogP contribution >= 0.6 is 15.9 Å². The first-order valence-corrected chi connectivity index (χ1v) is 8.22. The Morgan fingerprint density at radius 1 is 1.15 bits per heavy atom. The predicted molar refractivity (Wildman–Crippen MR) is 76.8 cm³/mol. The molecule has 20 heavy (non-hydrogen) atoms. The van der Waals surface area contributed by atoms with Crippen molar-refractivity contribution in [2.45, 2.75) is 62.1 Å². The summed E-state index contributed by atoms with van der Waals surface area (Å²) in [5.41, 5.74) is 2.96. The summed E-state index contributed by atoms with van der Waals surface area (Å²) in [5, 5.41) is 1.56. The second kappa shape index (κ2) is 5.85. The van der Waals surface area contributed by atoms with Gasteiger partial charge in [0.2, 0.25) is 0 Å². The Labute approximate surface area is 126 Å². The molecule has 2 amide bonds. The molecule has 3 rings (SSSR count). The van der Waals surface area contributed by atoms with E-state index >= 15 is 0 Å². The van der Waals surface area contributed by atoms with E-state index in [1.54, 1.807) is 6.08 Å². The number of halogens is 1. The molecule has 2 heterocycles. The summed E-state index contributed by atoms with van der Waals surface area (Å²) < 4.78 is 5.59. The van der Waals surface area contributed by atoms with Crippen LogP contribution in [0.4, 0.5) is 0 Å². The molecule has 0 bridgehead atoms. The van der Waals surface area contributed by atoms with Gasteiger partial charge in [0.05, 0.1) is 12.1 Å². The molecule has 110 valence electrons. The maximum Gasteiger partial charge on any atom is 0.277 e. The zero-order valence-corrected chi connectivity index (χ0v) is 12.9. The summed E-state index contributed by atoms with van der Waals surface area (Å²) in [6, 6.07) is 0.152. The summed E-state index contributed by atoms with van der Waals surface area (Å²) in [7, 11) is 0. The molecular weight excluding hydrogens is 324 g/mol. The van der Waals surface area contributed by atoms with Gasteiger partial charge in [-0.3, -0.25) is 15.0 Å². The zero-order chi connectivity index (χ0) is 14.1. The van der Waals surface area contributed by atoms with Crippen molar-refractivity contribution in [1.82, 2.24) is 10.4 Å². The number of nitrogens with one attached hydrogen (secondary N) is 1. The standard InChI is InChI=1S/C14H19BrN2O3/c15-12-7-6-10(20-12)8-11-13(18)16-17(14(11)19)9-4-2-1-3-5-9/h8-10,12H,1-7H2,(H,16,18)/b11-8+. The first-order chi connectivity index (χ1) is 9.65. The first kappa shape index (κ1) is 14.1. The van der Waals surface area contributed by atoms with Crippen LogP contribution in [-0.2, 0) is 14.3 Å². The van der Waals surface area contributed by atoms with Crippen LogP contribution in [0.5, 0.6) is 0 Å². The Morgan fingerprint density at radius 3 is 2.55 bits per heavy atom. The molecule has 1 aliphatic carbocycles. The molecule has 2 unspecified atom stereocenters. The van der Waals surface area contributed by atoms with Gasteiger partial charge < -0.3 is 4.74 Å². The molecule has 0 radical (unpaired) electrons. The van der Waals surface area contributed by atoms with E-state index in [9.17, 15) is 9.59 Å². The predicted octanol–water partition coefficient (Wildman–Crippen LogP) is 2.02. The van der Waals surface area contributed by atoms with Crippen LogP contribution in [0.15, 0.2) is 11.6 Å².